The SMILES string of the molecule is CC/C=C\C/C=C\C/C=C\C/C=C\C/C=C\C/C=C\C/C=C\CCCCCCCCCCCCCCCCCCCC(=O)NC(COP(=O)(O)OCC[N+](C)(C)C)C(O)/C=C/CCCCCCC. The van der Waals surface area contributed by atoms with Gasteiger partial charge in [-0.25, -0.2) is 4.57 Å². The number of nitrogens with zero attached hydrogens (tertiary/aromatic N) is 1. The van der Waals surface area contributed by atoms with Crippen molar-refractivity contribution in [2.45, 2.75) is 231 Å². The Hall–Kier alpha value is -2.58. The van der Waals surface area contributed by atoms with E-state index >= 15 is 0 Å². The Labute approximate surface area is 419 Å². The molecule has 0 saturated carbocycles. The zero-order valence-corrected chi connectivity index (χ0v) is 45.5. The number of aliphatic hydroxyl groups excluding tert-OH is 1. The van der Waals surface area contributed by atoms with Gasteiger partial charge in [-0.15, -0.1) is 0 Å². The van der Waals surface area contributed by atoms with E-state index < -0.39 is 20.0 Å². The van der Waals surface area contributed by atoms with Crippen molar-refractivity contribution < 1.29 is 32.9 Å². The number of hydrogen-bond acceptors (Lipinski definition) is 5. The lowest BCUT2D eigenvalue weighted by Gasteiger charge is -2.25. The van der Waals surface area contributed by atoms with Crippen LogP contribution in [-0.4, -0.2) is 73.4 Å². The molecule has 1 amide bonds. The van der Waals surface area contributed by atoms with Crippen LogP contribution in [0.2, 0.25) is 0 Å². The number of hydrogen-bond donors (Lipinski definition) is 3. The third kappa shape index (κ3) is 51.3. The van der Waals surface area contributed by atoms with Crippen molar-refractivity contribution in [2.24, 2.45) is 0 Å². The van der Waals surface area contributed by atoms with Gasteiger partial charge in [-0.3, -0.25) is 13.8 Å². The number of rotatable bonds is 49. The molecule has 0 heterocycles. The quantitative estimate of drug-likeness (QED) is 0.0243. The summed E-state index contributed by atoms with van der Waals surface area (Å²) in [6, 6.07) is -0.846. The molecule has 0 saturated heterocycles. The highest BCUT2D eigenvalue weighted by Gasteiger charge is 2.27. The third-order valence-electron chi connectivity index (χ3n) is 11.8. The van der Waals surface area contributed by atoms with Crippen LogP contribution in [0.5, 0.6) is 0 Å². The molecule has 0 fully saturated rings. The van der Waals surface area contributed by atoms with Crippen LogP contribution in [0.4, 0.5) is 0 Å². The Balaban J connectivity index is 3.86. The Morgan fingerprint density at radius 2 is 0.882 bits per heavy atom. The van der Waals surface area contributed by atoms with E-state index in [1.165, 1.54) is 116 Å². The highest BCUT2D eigenvalue weighted by Crippen LogP contribution is 2.43. The lowest BCUT2D eigenvalue weighted by atomic mass is 10.0. The number of nitrogens with one attached hydrogen (secondary N) is 1. The maximum absolute atomic E-state index is 12.9. The molecule has 3 N–H and O–H groups in total. The van der Waals surface area contributed by atoms with E-state index in [1.807, 2.05) is 27.2 Å². The molecule has 0 spiro atoms. The number of phosphoric ester groups is 1. The van der Waals surface area contributed by atoms with Crippen molar-refractivity contribution in [1.29, 1.82) is 0 Å². The summed E-state index contributed by atoms with van der Waals surface area (Å²) in [5.74, 6) is -0.184. The first-order chi connectivity index (χ1) is 33.0. The highest BCUT2D eigenvalue weighted by atomic mass is 31.2. The van der Waals surface area contributed by atoms with Crippen molar-refractivity contribution in [1.82, 2.24) is 5.32 Å². The van der Waals surface area contributed by atoms with Crippen LogP contribution < -0.4 is 5.32 Å². The lowest BCUT2D eigenvalue weighted by molar-refractivity contribution is -0.870. The van der Waals surface area contributed by atoms with Gasteiger partial charge in [0.15, 0.2) is 0 Å². The van der Waals surface area contributed by atoms with E-state index in [0.29, 0.717) is 17.4 Å². The Morgan fingerprint density at radius 1 is 0.515 bits per heavy atom. The van der Waals surface area contributed by atoms with E-state index in [2.05, 4.69) is 104 Å². The fourth-order valence-corrected chi connectivity index (χ4v) is 8.23. The van der Waals surface area contributed by atoms with Crippen molar-refractivity contribution >= 4 is 13.7 Å². The number of likely N-dealkylation sites (N-methyl/N-ethyl adjacent to an activating group) is 1. The molecule has 0 aromatic heterocycles. The van der Waals surface area contributed by atoms with Crippen LogP contribution in [0.15, 0.2) is 97.2 Å². The highest BCUT2D eigenvalue weighted by molar-refractivity contribution is 7.47. The minimum atomic E-state index is -4.33. The summed E-state index contributed by atoms with van der Waals surface area (Å²) >= 11 is 0. The summed E-state index contributed by atoms with van der Waals surface area (Å²) in [7, 11) is 1.56. The average Bonchev–Trinajstić information content (AvgIpc) is 3.30. The Morgan fingerprint density at radius 3 is 1.29 bits per heavy atom. The Kier molecular flexibility index (Phi) is 47.5. The van der Waals surface area contributed by atoms with E-state index in [1.54, 1.807) is 6.08 Å². The van der Waals surface area contributed by atoms with Crippen LogP contribution >= 0.6 is 7.82 Å². The van der Waals surface area contributed by atoms with Crippen molar-refractivity contribution in [2.75, 3.05) is 40.9 Å². The van der Waals surface area contributed by atoms with Gasteiger partial charge in [-0.1, -0.05) is 233 Å². The predicted molar refractivity (Wildman–Crippen MR) is 295 cm³/mol. The molecule has 3 atom stereocenters. The summed E-state index contributed by atoms with van der Waals surface area (Å²) in [4.78, 5) is 23.1. The summed E-state index contributed by atoms with van der Waals surface area (Å²) in [5.41, 5.74) is 0. The zero-order chi connectivity index (χ0) is 49.9. The van der Waals surface area contributed by atoms with Gasteiger partial charge in [0.25, 0.3) is 0 Å². The Bertz CT molecular complexity index is 1420. The van der Waals surface area contributed by atoms with Gasteiger partial charge in [-0.05, 0) is 77.0 Å². The topological polar surface area (TPSA) is 105 Å². The largest absolute Gasteiger partial charge is 0.472 e. The smallest absolute Gasteiger partial charge is 0.387 e. The first-order valence-corrected chi connectivity index (χ1v) is 29.1. The molecule has 0 aromatic carbocycles. The maximum atomic E-state index is 12.9. The van der Waals surface area contributed by atoms with Crippen molar-refractivity contribution in [3.05, 3.63) is 97.2 Å². The maximum Gasteiger partial charge on any atom is 0.472 e. The molecule has 0 aromatic rings. The van der Waals surface area contributed by atoms with Gasteiger partial charge in [0.2, 0.25) is 5.91 Å². The average molecular weight is 970 g/mol. The first kappa shape index (κ1) is 65.4. The predicted octanol–water partition coefficient (Wildman–Crippen LogP) is 16.6. The lowest BCUT2D eigenvalue weighted by Crippen LogP contribution is -2.45. The number of phosphoric acid groups is 1. The van der Waals surface area contributed by atoms with Gasteiger partial charge in [-0.2, -0.15) is 0 Å². The molecule has 0 aliphatic carbocycles. The minimum absolute atomic E-state index is 0.0587. The molecule has 3 unspecified atom stereocenters. The van der Waals surface area contributed by atoms with Crippen LogP contribution in [0.3, 0.4) is 0 Å². The van der Waals surface area contributed by atoms with Gasteiger partial charge in [0, 0.05) is 6.42 Å². The summed E-state index contributed by atoms with van der Waals surface area (Å²) in [5, 5.41) is 13.7. The summed E-state index contributed by atoms with van der Waals surface area (Å²) < 4.78 is 23.5. The van der Waals surface area contributed by atoms with Crippen LogP contribution in [-0.2, 0) is 18.4 Å². The van der Waals surface area contributed by atoms with Gasteiger partial charge in [0.05, 0.1) is 39.9 Å². The summed E-state index contributed by atoms with van der Waals surface area (Å²) in [6.07, 6.45) is 71.2. The zero-order valence-electron chi connectivity index (χ0n) is 44.6. The van der Waals surface area contributed by atoms with E-state index in [4.69, 9.17) is 9.05 Å². The molecular formula is C59H106N2O6P+. The van der Waals surface area contributed by atoms with Crippen molar-refractivity contribution in [3.63, 3.8) is 0 Å². The molecule has 392 valence electrons. The van der Waals surface area contributed by atoms with Crippen LogP contribution in [0, 0.1) is 0 Å². The number of carbonyl (C=O) groups excluding carboxylic acids is 1. The molecule has 8 nitrogen and oxygen atoms in total. The number of aliphatic hydroxyl groups is 1. The summed E-state index contributed by atoms with van der Waals surface area (Å²) in [6.45, 7) is 4.63. The molecule has 0 aliphatic heterocycles. The second-order valence-corrected chi connectivity index (χ2v) is 21.0. The fraction of sp³-hybridized carbons (Fsp3) is 0.712. The molecule has 68 heavy (non-hydrogen) atoms. The van der Waals surface area contributed by atoms with Crippen LogP contribution in [0.1, 0.15) is 219 Å². The molecular weight excluding hydrogens is 864 g/mol. The standard InChI is InChI=1S/C59H105N2O6P/c1-6-8-10-12-14-15-16-17-18-19-20-21-22-23-24-25-26-27-28-29-30-31-32-33-34-35-36-37-38-39-40-41-42-43-44-45-47-49-51-53-59(63)60-57(58(62)52-50-48-46-13-11-9-7-2)56-67-68(64,65)66-55-54-61(3,4)5/h8,10,14-15,17-18,20-21,23-24,26-27,29-30,50,52,57-58,62H,6-7,9,11-13,16,19,22,25,28,31-49,51,53-56H2,1-5H3,(H-,60,63,64,65)/p+1/b10-8-,15-14-,18-17-,21-20-,24-23-,27-26-,30-29-,52-50+. The monoisotopic (exact) mass is 970 g/mol. The number of amides is 1. The fourth-order valence-electron chi connectivity index (χ4n) is 7.49. The van der Waals surface area contributed by atoms with E-state index in [9.17, 15) is 19.4 Å². The number of quaternary nitrogens is 1. The molecule has 0 aliphatic rings. The normalized spacial score (nSPS) is 14.8. The van der Waals surface area contributed by atoms with Gasteiger partial charge < -0.3 is 19.8 Å². The molecule has 0 rings (SSSR count). The first-order valence-electron chi connectivity index (χ1n) is 27.6. The molecule has 0 radical (unpaired) electrons. The molecule has 9 heteroatoms. The van der Waals surface area contributed by atoms with Crippen LogP contribution in [0.25, 0.3) is 0 Å². The number of unbranched alkanes of at least 4 members (excludes halogenated alkanes) is 22. The number of carbonyl (C=O) groups is 1. The van der Waals surface area contributed by atoms with Crippen molar-refractivity contribution in [3.8, 4) is 0 Å². The van der Waals surface area contributed by atoms with E-state index in [0.717, 1.165) is 83.5 Å². The molecule has 0 bridgehead atoms. The van der Waals surface area contributed by atoms with E-state index in [-0.39, 0.29) is 19.1 Å². The minimum Gasteiger partial charge on any atom is -0.387 e. The second-order valence-electron chi connectivity index (χ2n) is 19.6. The number of allylic oxidation sites excluding steroid dienone is 15. The second kappa shape index (κ2) is 49.4. The van der Waals surface area contributed by atoms with Gasteiger partial charge >= 0.3 is 7.82 Å². The third-order valence-corrected chi connectivity index (χ3v) is 12.8. The van der Waals surface area contributed by atoms with Gasteiger partial charge in [0.1, 0.15) is 13.2 Å².